The van der Waals surface area contributed by atoms with E-state index in [-0.39, 0.29) is 29.9 Å². The Hall–Kier alpha value is -5.93. The minimum Gasteiger partial charge on any atom is -0.486 e. The van der Waals surface area contributed by atoms with Crippen LogP contribution in [-0.2, 0) is 24.7 Å². The number of aromatic nitrogens is 4. The quantitative estimate of drug-likeness (QED) is 0.0815. The van der Waals surface area contributed by atoms with Crippen LogP contribution in [-0.4, -0.2) is 79.1 Å². The molecular formula is C38H40N6O9. The summed E-state index contributed by atoms with van der Waals surface area (Å²) in [5.74, 6) is -0.208. The van der Waals surface area contributed by atoms with E-state index < -0.39 is 53.9 Å². The van der Waals surface area contributed by atoms with Crippen molar-refractivity contribution < 1.29 is 38.6 Å². The Kier molecular flexibility index (Phi) is 10.7. The molecule has 0 radical (unpaired) electrons. The van der Waals surface area contributed by atoms with Crippen LogP contribution in [0.15, 0.2) is 91.5 Å². The predicted molar refractivity (Wildman–Crippen MR) is 193 cm³/mol. The standard InChI is InChI=1S/C38H40N6O9/c1-24(28-17-26(15-16-29(28)44(48)49)25-11-7-5-8-12-25)19-51-36(47)52-20-31-30(45)18-38(53-31,32(46)21-50-27-13-9-6-10-14-27)43-23-41-33-34(42-37(2,3)4)39-22-40-35(33)43/h5-17,22-24,30-31,45H,18-21H2,1-4H3,(H,39,40,42)/t24?,30-,31+,38-/m0/s1. The van der Waals surface area contributed by atoms with Gasteiger partial charge in [-0.2, -0.15) is 0 Å². The van der Waals surface area contributed by atoms with Crippen LogP contribution in [0, 0.1) is 10.1 Å². The number of rotatable bonds is 13. The summed E-state index contributed by atoms with van der Waals surface area (Å²) in [6.45, 7) is 6.48. The van der Waals surface area contributed by atoms with E-state index in [1.807, 2.05) is 57.2 Å². The lowest BCUT2D eigenvalue weighted by Gasteiger charge is -2.29. The second-order valence-corrected chi connectivity index (χ2v) is 13.8. The van der Waals surface area contributed by atoms with Gasteiger partial charge in [-0.3, -0.25) is 19.5 Å². The molecule has 1 aliphatic rings. The van der Waals surface area contributed by atoms with Crippen molar-refractivity contribution in [3.63, 3.8) is 0 Å². The topological polar surface area (TPSA) is 190 Å². The molecule has 53 heavy (non-hydrogen) atoms. The van der Waals surface area contributed by atoms with E-state index in [2.05, 4.69) is 20.3 Å². The highest BCUT2D eigenvalue weighted by Gasteiger charge is 2.54. The first kappa shape index (κ1) is 36.8. The lowest BCUT2D eigenvalue weighted by molar-refractivity contribution is -0.385. The molecule has 6 rings (SSSR count). The van der Waals surface area contributed by atoms with Gasteiger partial charge in [-0.15, -0.1) is 0 Å². The molecule has 2 aromatic heterocycles. The second-order valence-electron chi connectivity index (χ2n) is 13.8. The maximum absolute atomic E-state index is 14.1. The molecule has 3 aromatic carbocycles. The molecule has 0 spiro atoms. The van der Waals surface area contributed by atoms with Crippen LogP contribution >= 0.6 is 0 Å². The van der Waals surface area contributed by atoms with Crippen LogP contribution in [0.3, 0.4) is 0 Å². The summed E-state index contributed by atoms with van der Waals surface area (Å²) in [5.41, 5.74) is 0.383. The number of benzene rings is 3. The molecule has 4 atom stereocenters. The Morgan fingerprint density at radius 2 is 1.75 bits per heavy atom. The number of carbonyl (C=O) groups is 2. The zero-order chi connectivity index (χ0) is 37.8. The number of hydrogen-bond acceptors (Lipinski definition) is 13. The van der Waals surface area contributed by atoms with Crippen molar-refractivity contribution in [2.45, 2.75) is 63.5 Å². The third-order valence-electron chi connectivity index (χ3n) is 8.71. The van der Waals surface area contributed by atoms with Gasteiger partial charge < -0.3 is 29.4 Å². The van der Waals surface area contributed by atoms with Crippen molar-refractivity contribution in [3.8, 4) is 16.9 Å². The fourth-order valence-corrected chi connectivity index (χ4v) is 6.13. The molecule has 0 amide bonds. The predicted octanol–water partition coefficient (Wildman–Crippen LogP) is 6.02. The number of nitro benzene ring substituents is 1. The van der Waals surface area contributed by atoms with Crippen molar-refractivity contribution in [2.75, 3.05) is 25.1 Å². The lowest BCUT2D eigenvalue weighted by atomic mass is 9.95. The molecule has 1 unspecified atom stereocenters. The molecule has 0 saturated carbocycles. The minimum absolute atomic E-state index is 0.104. The summed E-state index contributed by atoms with van der Waals surface area (Å²) in [7, 11) is 0. The van der Waals surface area contributed by atoms with Crippen LogP contribution in [0.1, 0.15) is 45.6 Å². The number of nitrogens with zero attached hydrogens (tertiary/aromatic N) is 5. The Morgan fingerprint density at radius 1 is 1.04 bits per heavy atom. The first-order chi connectivity index (χ1) is 25.3. The van der Waals surface area contributed by atoms with Gasteiger partial charge in [-0.25, -0.2) is 19.7 Å². The maximum atomic E-state index is 14.1. The lowest BCUT2D eigenvalue weighted by Crippen LogP contribution is -2.45. The molecule has 15 nitrogen and oxygen atoms in total. The fourth-order valence-electron chi connectivity index (χ4n) is 6.13. The van der Waals surface area contributed by atoms with E-state index in [0.717, 1.165) is 11.1 Å². The number of nitrogens with one attached hydrogen (secondary N) is 1. The second kappa shape index (κ2) is 15.4. The Morgan fingerprint density at radius 3 is 2.45 bits per heavy atom. The SMILES string of the molecule is CC(COC(=O)OC[C@H]1O[C@@](C(=O)COc2ccccc2)(n2cnc3c(NC(C)(C)C)ncnc32)C[C@@H]1O)c1cc(-c2ccccc2)ccc1[N+](=O)[O-]. The number of carbonyl (C=O) groups excluding carboxylic acids is 2. The monoisotopic (exact) mass is 724 g/mol. The third kappa shape index (κ3) is 8.26. The molecule has 276 valence electrons. The van der Waals surface area contributed by atoms with Crippen molar-refractivity contribution >= 4 is 34.6 Å². The fraction of sp³-hybridized carbons (Fsp3) is 0.342. The zero-order valence-electron chi connectivity index (χ0n) is 29.7. The van der Waals surface area contributed by atoms with Crippen molar-refractivity contribution in [3.05, 3.63) is 107 Å². The van der Waals surface area contributed by atoms with Crippen molar-refractivity contribution in [1.82, 2.24) is 19.5 Å². The zero-order valence-corrected chi connectivity index (χ0v) is 29.7. The Bertz CT molecular complexity index is 2090. The highest BCUT2D eigenvalue weighted by molar-refractivity contribution is 5.90. The van der Waals surface area contributed by atoms with Gasteiger partial charge in [0, 0.05) is 29.5 Å². The van der Waals surface area contributed by atoms with Crippen LogP contribution < -0.4 is 10.1 Å². The number of hydrogen-bond donors (Lipinski definition) is 2. The van der Waals surface area contributed by atoms with Crippen LogP contribution in [0.4, 0.5) is 16.3 Å². The van der Waals surface area contributed by atoms with Gasteiger partial charge in [0.2, 0.25) is 11.5 Å². The molecular weight excluding hydrogens is 684 g/mol. The summed E-state index contributed by atoms with van der Waals surface area (Å²) in [6.07, 6.45) is -1.01. The van der Waals surface area contributed by atoms with E-state index in [9.17, 15) is 24.8 Å². The van der Waals surface area contributed by atoms with Gasteiger partial charge in [0.05, 0.1) is 17.4 Å². The molecule has 3 heterocycles. The summed E-state index contributed by atoms with van der Waals surface area (Å²) in [4.78, 5) is 51.5. The average molecular weight is 725 g/mol. The van der Waals surface area contributed by atoms with Gasteiger partial charge in [-0.05, 0) is 56.2 Å². The molecule has 15 heteroatoms. The number of ether oxygens (including phenoxy) is 4. The first-order valence-electron chi connectivity index (χ1n) is 17.0. The molecule has 2 N–H and O–H groups in total. The number of imidazole rings is 1. The largest absolute Gasteiger partial charge is 0.508 e. The van der Waals surface area contributed by atoms with E-state index in [0.29, 0.717) is 22.6 Å². The van der Waals surface area contributed by atoms with Crippen molar-refractivity contribution in [2.24, 2.45) is 0 Å². The highest BCUT2D eigenvalue weighted by Crippen LogP contribution is 2.39. The molecule has 1 fully saturated rings. The highest BCUT2D eigenvalue weighted by atomic mass is 16.7. The summed E-state index contributed by atoms with van der Waals surface area (Å²) < 4.78 is 24.2. The number of nitro groups is 1. The van der Waals surface area contributed by atoms with Gasteiger partial charge in [0.15, 0.2) is 23.6 Å². The van der Waals surface area contributed by atoms with Gasteiger partial charge >= 0.3 is 6.16 Å². The normalized spacial score (nSPS) is 19.0. The Balaban J connectivity index is 1.17. The number of Topliss-reactive ketones (excluding diaryl/α,β-unsaturated/α-hetero) is 1. The average Bonchev–Trinajstić information content (AvgIpc) is 3.74. The number of aliphatic hydroxyl groups excluding tert-OH is 1. The summed E-state index contributed by atoms with van der Waals surface area (Å²) in [5, 5.41) is 26.3. The van der Waals surface area contributed by atoms with E-state index in [1.54, 1.807) is 43.3 Å². The number of anilines is 1. The molecule has 1 saturated heterocycles. The smallest absolute Gasteiger partial charge is 0.486 e. The van der Waals surface area contributed by atoms with Gasteiger partial charge in [0.25, 0.3) is 5.69 Å². The number of ketones is 1. The van der Waals surface area contributed by atoms with Crippen LogP contribution in [0.2, 0.25) is 0 Å². The van der Waals surface area contributed by atoms with Gasteiger partial charge in [-0.1, -0.05) is 55.5 Å². The molecule has 5 aromatic rings. The maximum Gasteiger partial charge on any atom is 0.508 e. The Labute approximate surface area is 305 Å². The number of fused-ring (bicyclic) bond motifs is 1. The van der Waals surface area contributed by atoms with E-state index in [1.165, 1.54) is 23.3 Å². The molecule has 0 aliphatic carbocycles. The van der Waals surface area contributed by atoms with E-state index >= 15 is 0 Å². The third-order valence-corrected chi connectivity index (χ3v) is 8.71. The molecule has 1 aliphatic heterocycles. The summed E-state index contributed by atoms with van der Waals surface area (Å²) >= 11 is 0. The van der Waals surface area contributed by atoms with E-state index in [4.69, 9.17) is 18.9 Å². The summed E-state index contributed by atoms with van der Waals surface area (Å²) in [6, 6.07) is 23.0. The van der Waals surface area contributed by atoms with Crippen LogP contribution in [0.25, 0.3) is 22.3 Å². The van der Waals surface area contributed by atoms with Crippen LogP contribution in [0.5, 0.6) is 5.75 Å². The van der Waals surface area contributed by atoms with Crippen molar-refractivity contribution in [1.29, 1.82) is 0 Å². The molecule has 0 bridgehead atoms. The number of para-hydroxylation sites is 1. The number of aliphatic hydroxyl groups is 1. The minimum atomic E-state index is -1.84. The van der Waals surface area contributed by atoms with Gasteiger partial charge in [0.1, 0.15) is 31.4 Å². The first-order valence-corrected chi connectivity index (χ1v) is 17.0.